The fraction of sp³-hybridized carbons (Fsp3) is 0.133. The third-order valence-electron chi connectivity index (χ3n) is 2.87. The van der Waals surface area contributed by atoms with Gasteiger partial charge in [0.05, 0.1) is 12.7 Å². The molecule has 20 heavy (non-hydrogen) atoms. The van der Waals surface area contributed by atoms with E-state index in [-0.39, 0.29) is 11.1 Å². The van der Waals surface area contributed by atoms with E-state index >= 15 is 0 Å². The molecule has 0 amide bonds. The lowest BCUT2D eigenvalue weighted by Crippen LogP contribution is -2.18. The van der Waals surface area contributed by atoms with Crippen LogP contribution in [0.15, 0.2) is 41.2 Å². The molecule has 5 nitrogen and oxygen atoms in total. The molecule has 0 fully saturated rings. The fourth-order valence-electron chi connectivity index (χ4n) is 1.88. The molecule has 1 heterocycles. The van der Waals surface area contributed by atoms with Crippen LogP contribution in [0.2, 0.25) is 0 Å². The summed E-state index contributed by atoms with van der Waals surface area (Å²) in [7, 11) is 1.26. The number of esters is 1. The molecule has 5 heteroatoms. The number of carbonyl (C=O) groups is 1. The number of nitrogens with one attached hydrogen (secondary N) is 1. The molecule has 0 aliphatic heterocycles. The Kier molecular flexibility index (Phi) is 3.96. The summed E-state index contributed by atoms with van der Waals surface area (Å²) in [5, 5.41) is 8.86. The summed E-state index contributed by atoms with van der Waals surface area (Å²) >= 11 is 0. The van der Waals surface area contributed by atoms with Gasteiger partial charge >= 0.3 is 5.97 Å². The van der Waals surface area contributed by atoms with E-state index in [4.69, 9.17) is 5.26 Å². The number of aromatic amines is 1. The summed E-state index contributed by atoms with van der Waals surface area (Å²) in [6.07, 6.45) is 0.381. The van der Waals surface area contributed by atoms with Gasteiger partial charge in [0.15, 0.2) is 0 Å². The molecule has 1 aromatic heterocycles. The van der Waals surface area contributed by atoms with Gasteiger partial charge in [-0.25, -0.2) is 4.79 Å². The van der Waals surface area contributed by atoms with Crippen LogP contribution in [-0.4, -0.2) is 18.1 Å². The van der Waals surface area contributed by atoms with Gasteiger partial charge in [0.2, 0.25) is 0 Å². The van der Waals surface area contributed by atoms with Crippen molar-refractivity contribution in [3.63, 3.8) is 0 Å². The number of methoxy groups -OCH3 is 1. The number of hydrogen-bond donors (Lipinski definition) is 1. The Morgan fingerprint density at radius 3 is 2.65 bits per heavy atom. The molecule has 0 saturated carbocycles. The Morgan fingerprint density at radius 2 is 2.05 bits per heavy atom. The summed E-state index contributed by atoms with van der Waals surface area (Å²) in [5.41, 5.74) is 0.964. The first kappa shape index (κ1) is 13.6. The third kappa shape index (κ3) is 2.75. The average molecular weight is 268 g/mol. The second kappa shape index (κ2) is 5.85. The molecule has 2 aromatic rings. The second-order valence-corrected chi connectivity index (χ2v) is 4.17. The van der Waals surface area contributed by atoms with Crippen LogP contribution in [0.3, 0.4) is 0 Å². The molecule has 0 atom stereocenters. The van der Waals surface area contributed by atoms with Gasteiger partial charge in [0, 0.05) is 12.1 Å². The number of nitriles is 1. The van der Waals surface area contributed by atoms with E-state index in [1.165, 1.54) is 13.2 Å². The quantitative estimate of drug-likeness (QED) is 0.857. The zero-order valence-corrected chi connectivity index (χ0v) is 10.8. The Hall–Kier alpha value is -2.87. The van der Waals surface area contributed by atoms with Crippen LogP contribution >= 0.6 is 0 Å². The Labute approximate surface area is 115 Å². The highest BCUT2D eigenvalue weighted by molar-refractivity contribution is 5.91. The lowest BCUT2D eigenvalue weighted by atomic mass is 10.0. The zero-order valence-electron chi connectivity index (χ0n) is 10.8. The van der Waals surface area contributed by atoms with Crippen molar-refractivity contribution in [1.82, 2.24) is 4.98 Å². The van der Waals surface area contributed by atoms with Crippen LogP contribution < -0.4 is 5.56 Å². The summed E-state index contributed by atoms with van der Waals surface area (Å²) in [5.74, 6) is -0.580. The van der Waals surface area contributed by atoms with E-state index in [0.29, 0.717) is 12.1 Å². The first-order valence-electron chi connectivity index (χ1n) is 5.94. The van der Waals surface area contributed by atoms with Crippen LogP contribution in [0.5, 0.6) is 0 Å². The van der Waals surface area contributed by atoms with Gasteiger partial charge in [-0.15, -0.1) is 0 Å². The number of rotatable bonds is 3. The standard InChI is InChI=1S/C15H12N2O3/c1-20-15(19)12-8-11(9-16)14(18)17-13(12)7-10-5-3-2-4-6-10/h2-6,8H,7H2,1H3,(H,17,18). The van der Waals surface area contributed by atoms with Gasteiger partial charge < -0.3 is 9.72 Å². The van der Waals surface area contributed by atoms with Gasteiger partial charge in [-0.3, -0.25) is 4.79 Å². The molecule has 0 radical (unpaired) electrons. The van der Waals surface area contributed by atoms with Crippen molar-refractivity contribution in [2.75, 3.05) is 7.11 Å². The molecule has 0 aliphatic rings. The second-order valence-electron chi connectivity index (χ2n) is 4.17. The van der Waals surface area contributed by atoms with E-state index in [2.05, 4.69) is 9.72 Å². The summed E-state index contributed by atoms with van der Waals surface area (Å²) in [4.78, 5) is 26.0. The molecule has 0 bridgehead atoms. The van der Waals surface area contributed by atoms with Crippen molar-refractivity contribution in [1.29, 1.82) is 5.26 Å². The summed E-state index contributed by atoms with van der Waals surface area (Å²) in [6, 6.07) is 12.4. The molecule has 2 rings (SSSR count). The number of carbonyl (C=O) groups excluding carboxylic acids is 1. The van der Waals surface area contributed by atoms with Crippen molar-refractivity contribution >= 4 is 5.97 Å². The maximum absolute atomic E-state index is 11.8. The minimum atomic E-state index is -0.580. The molecule has 1 N–H and O–H groups in total. The number of pyridine rings is 1. The van der Waals surface area contributed by atoms with E-state index in [1.807, 2.05) is 30.3 Å². The molecule has 0 aliphatic carbocycles. The van der Waals surface area contributed by atoms with Gasteiger partial charge in [-0.2, -0.15) is 5.26 Å². The van der Waals surface area contributed by atoms with Crippen molar-refractivity contribution in [2.45, 2.75) is 6.42 Å². The number of ether oxygens (including phenoxy) is 1. The van der Waals surface area contributed by atoms with Crippen LogP contribution in [0.1, 0.15) is 27.2 Å². The SMILES string of the molecule is COC(=O)c1cc(C#N)c(=O)[nH]c1Cc1ccccc1. The van der Waals surface area contributed by atoms with Crippen LogP contribution in [0.25, 0.3) is 0 Å². The third-order valence-corrected chi connectivity index (χ3v) is 2.87. The predicted molar refractivity (Wildman–Crippen MR) is 72.4 cm³/mol. The summed E-state index contributed by atoms with van der Waals surface area (Å²) in [6.45, 7) is 0. The molecule has 100 valence electrons. The lowest BCUT2D eigenvalue weighted by Gasteiger charge is -2.08. The monoisotopic (exact) mass is 268 g/mol. The zero-order chi connectivity index (χ0) is 14.5. The van der Waals surface area contributed by atoms with Gasteiger partial charge in [0.25, 0.3) is 5.56 Å². The fourth-order valence-corrected chi connectivity index (χ4v) is 1.88. The highest BCUT2D eigenvalue weighted by Gasteiger charge is 2.16. The lowest BCUT2D eigenvalue weighted by molar-refractivity contribution is 0.0599. The van der Waals surface area contributed by atoms with E-state index in [9.17, 15) is 9.59 Å². The van der Waals surface area contributed by atoms with Crippen LogP contribution in [0.4, 0.5) is 0 Å². The molecular weight excluding hydrogens is 256 g/mol. The molecule has 0 unspecified atom stereocenters. The average Bonchev–Trinajstić information content (AvgIpc) is 2.48. The minimum absolute atomic E-state index is 0.109. The normalized spacial score (nSPS) is 9.80. The number of H-pyrrole nitrogens is 1. The Balaban J connectivity index is 2.51. The van der Waals surface area contributed by atoms with Crippen LogP contribution in [-0.2, 0) is 11.2 Å². The topological polar surface area (TPSA) is 82.9 Å². The number of nitrogens with zero attached hydrogens (tertiary/aromatic N) is 1. The maximum Gasteiger partial charge on any atom is 0.339 e. The largest absolute Gasteiger partial charge is 0.465 e. The first-order chi connectivity index (χ1) is 9.65. The van der Waals surface area contributed by atoms with Crippen molar-refractivity contribution in [2.24, 2.45) is 0 Å². The first-order valence-corrected chi connectivity index (χ1v) is 5.94. The predicted octanol–water partition coefficient (Wildman–Crippen LogP) is 1.62. The number of hydrogen-bond acceptors (Lipinski definition) is 4. The molecule has 1 aromatic carbocycles. The highest BCUT2D eigenvalue weighted by Crippen LogP contribution is 2.13. The number of aromatic nitrogens is 1. The summed E-state index contributed by atoms with van der Waals surface area (Å²) < 4.78 is 4.68. The molecule has 0 saturated heterocycles. The van der Waals surface area contributed by atoms with Gasteiger partial charge in [0.1, 0.15) is 11.6 Å². The number of benzene rings is 1. The Bertz CT molecular complexity index is 727. The van der Waals surface area contributed by atoms with Crippen molar-refractivity contribution in [3.8, 4) is 6.07 Å². The van der Waals surface area contributed by atoms with Gasteiger partial charge in [-0.1, -0.05) is 30.3 Å². The minimum Gasteiger partial charge on any atom is -0.465 e. The van der Waals surface area contributed by atoms with E-state index in [1.54, 1.807) is 6.07 Å². The van der Waals surface area contributed by atoms with Gasteiger partial charge in [-0.05, 0) is 11.6 Å². The van der Waals surface area contributed by atoms with Crippen molar-refractivity contribution < 1.29 is 9.53 Å². The molecule has 0 spiro atoms. The highest BCUT2D eigenvalue weighted by atomic mass is 16.5. The smallest absolute Gasteiger partial charge is 0.339 e. The Morgan fingerprint density at radius 1 is 1.35 bits per heavy atom. The maximum atomic E-state index is 11.8. The van der Waals surface area contributed by atoms with E-state index < -0.39 is 11.5 Å². The molecular formula is C15H12N2O3. The van der Waals surface area contributed by atoms with Crippen molar-refractivity contribution in [3.05, 3.63) is 69.1 Å². The van der Waals surface area contributed by atoms with Crippen LogP contribution in [0, 0.1) is 11.3 Å². The van der Waals surface area contributed by atoms with E-state index in [0.717, 1.165) is 5.56 Å².